The molecule has 1 aromatic rings. The van der Waals surface area contributed by atoms with Crippen molar-refractivity contribution in [1.82, 2.24) is 10.2 Å². The van der Waals surface area contributed by atoms with Gasteiger partial charge in [-0.25, -0.2) is 0 Å². The van der Waals surface area contributed by atoms with Crippen molar-refractivity contribution < 1.29 is 4.74 Å². The molecule has 0 amide bonds. The Labute approximate surface area is 122 Å². The molecule has 1 saturated heterocycles. The van der Waals surface area contributed by atoms with Crippen molar-refractivity contribution in [2.24, 2.45) is 0 Å². The number of rotatable bonds is 4. The lowest BCUT2D eigenvalue weighted by Gasteiger charge is -2.26. The normalized spacial score (nSPS) is 16.5. The maximum Gasteiger partial charge on any atom is 0.106 e. The first-order valence-electron chi connectivity index (χ1n) is 6.09. The Bertz CT molecular complexity index is 390. The van der Waals surface area contributed by atoms with Crippen molar-refractivity contribution in [3.63, 3.8) is 0 Å². The second-order valence-corrected chi connectivity index (χ2v) is 5.54. The predicted octanol–water partition coefficient (Wildman–Crippen LogP) is 2.05. The molecule has 0 aliphatic carbocycles. The van der Waals surface area contributed by atoms with Crippen LogP contribution >= 0.6 is 28.1 Å². The highest BCUT2D eigenvalue weighted by molar-refractivity contribution is 9.10. The number of nitrogens with one attached hydrogen (secondary N) is 1. The molecule has 0 spiro atoms. The van der Waals surface area contributed by atoms with E-state index in [1.165, 1.54) is 0 Å². The van der Waals surface area contributed by atoms with Gasteiger partial charge in [0.1, 0.15) is 4.99 Å². The molecule has 3 nitrogen and oxygen atoms in total. The van der Waals surface area contributed by atoms with Gasteiger partial charge in [-0.2, -0.15) is 0 Å². The van der Waals surface area contributed by atoms with Crippen LogP contribution in [0.1, 0.15) is 5.56 Å². The Morgan fingerprint density at radius 2 is 1.94 bits per heavy atom. The van der Waals surface area contributed by atoms with E-state index in [2.05, 4.69) is 26.1 Å². The maximum atomic E-state index is 5.36. The highest BCUT2D eigenvalue weighted by atomic mass is 79.9. The van der Waals surface area contributed by atoms with Crippen LogP contribution in [0.25, 0.3) is 0 Å². The molecule has 0 saturated carbocycles. The van der Waals surface area contributed by atoms with Crippen LogP contribution in [0.15, 0.2) is 28.7 Å². The van der Waals surface area contributed by atoms with Crippen LogP contribution < -0.4 is 5.32 Å². The summed E-state index contributed by atoms with van der Waals surface area (Å²) < 4.78 is 6.39. The summed E-state index contributed by atoms with van der Waals surface area (Å²) >= 11 is 8.78. The lowest BCUT2D eigenvalue weighted by atomic mass is 10.2. The van der Waals surface area contributed by atoms with E-state index in [1.807, 2.05) is 24.3 Å². The Balaban J connectivity index is 1.72. The van der Waals surface area contributed by atoms with E-state index >= 15 is 0 Å². The summed E-state index contributed by atoms with van der Waals surface area (Å²) in [5.41, 5.74) is 1.06. The van der Waals surface area contributed by atoms with E-state index in [-0.39, 0.29) is 0 Å². The van der Waals surface area contributed by atoms with Crippen LogP contribution in [0, 0.1) is 0 Å². The average molecular weight is 329 g/mol. The fourth-order valence-electron chi connectivity index (χ4n) is 1.86. The third-order valence-electron chi connectivity index (χ3n) is 2.92. The van der Waals surface area contributed by atoms with E-state index in [0.717, 1.165) is 54.4 Å². The fourth-order valence-corrected chi connectivity index (χ4v) is 2.36. The first kappa shape index (κ1) is 13.9. The molecule has 1 N–H and O–H groups in total. The van der Waals surface area contributed by atoms with Crippen molar-refractivity contribution in [2.75, 3.05) is 39.4 Å². The third-order valence-corrected chi connectivity index (χ3v) is 3.83. The Morgan fingerprint density at radius 1 is 1.28 bits per heavy atom. The van der Waals surface area contributed by atoms with Gasteiger partial charge in [-0.05, 0) is 12.1 Å². The average Bonchev–Trinajstić information content (AvgIpc) is 2.40. The Hall–Kier alpha value is -0.490. The number of benzene rings is 1. The highest BCUT2D eigenvalue weighted by Crippen LogP contribution is 2.10. The van der Waals surface area contributed by atoms with Crippen LogP contribution in [0.3, 0.4) is 0 Å². The summed E-state index contributed by atoms with van der Waals surface area (Å²) in [7, 11) is 0. The third kappa shape index (κ3) is 4.31. The summed E-state index contributed by atoms with van der Waals surface area (Å²) in [6.45, 7) is 5.63. The van der Waals surface area contributed by atoms with Gasteiger partial charge in [-0.1, -0.05) is 40.3 Å². The molecule has 1 fully saturated rings. The van der Waals surface area contributed by atoms with Crippen molar-refractivity contribution in [2.45, 2.75) is 0 Å². The summed E-state index contributed by atoms with van der Waals surface area (Å²) in [5.74, 6) is 0. The minimum Gasteiger partial charge on any atom is -0.379 e. The van der Waals surface area contributed by atoms with Gasteiger partial charge in [-0.3, -0.25) is 4.90 Å². The number of hydrogen-bond donors (Lipinski definition) is 1. The van der Waals surface area contributed by atoms with Crippen molar-refractivity contribution in [1.29, 1.82) is 0 Å². The smallest absolute Gasteiger partial charge is 0.106 e. The van der Waals surface area contributed by atoms with Crippen LogP contribution in [0.4, 0.5) is 0 Å². The molecule has 1 aromatic carbocycles. The van der Waals surface area contributed by atoms with E-state index in [1.54, 1.807) is 0 Å². The molecule has 0 radical (unpaired) electrons. The fraction of sp³-hybridized carbons (Fsp3) is 0.462. The molecule has 0 aromatic heterocycles. The molecule has 98 valence electrons. The maximum absolute atomic E-state index is 5.36. The van der Waals surface area contributed by atoms with Gasteiger partial charge in [0.2, 0.25) is 0 Å². The molecule has 0 unspecified atom stereocenters. The summed E-state index contributed by atoms with van der Waals surface area (Å²) in [4.78, 5) is 3.21. The van der Waals surface area contributed by atoms with Crippen LogP contribution in [-0.2, 0) is 4.74 Å². The van der Waals surface area contributed by atoms with Crippen molar-refractivity contribution in [3.05, 3.63) is 34.3 Å². The second kappa shape index (κ2) is 7.19. The molecule has 5 heteroatoms. The van der Waals surface area contributed by atoms with E-state index in [4.69, 9.17) is 17.0 Å². The van der Waals surface area contributed by atoms with E-state index < -0.39 is 0 Å². The number of ether oxygens (including phenoxy) is 1. The number of halogens is 1. The topological polar surface area (TPSA) is 24.5 Å². The first-order chi connectivity index (χ1) is 8.75. The Kier molecular flexibility index (Phi) is 5.56. The van der Waals surface area contributed by atoms with Crippen molar-refractivity contribution >= 4 is 33.1 Å². The number of morpholine rings is 1. The van der Waals surface area contributed by atoms with Gasteiger partial charge < -0.3 is 10.1 Å². The van der Waals surface area contributed by atoms with Gasteiger partial charge in [0, 0.05) is 36.2 Å². The van der Waals surface area contributed by atoms with Gasteiger partial charge in [0.15, 0.2) is 0 Å². The largest absolute Gasteiger partial charge is 0.379 e. The number of thiocarbonyl (C=S) groups is 1. The van der Waals surface area contributed by atoms with Crippen LogP contribution in [0.5, 0.6) is 0 Å². The number of nitrogens with zero attached hydrogens (tertiary/aromatic N) is 1. The van der Waals surface area contributed by atoms with Crippen LogP contribution in [-0.4, -0.2) is 49.3 Å². The molecule has 18 heavy (non-hydrogen) atoms. The molecule has 1 aliphatic rings. The zero-order valence-corrected chi connectivity index (χ0v) is 12.6. The summed E-state index contributed by atoms with van der Waals surface area (Å²) in [6, 6.07) is 8.05. The van der Waals surface area contributed by atoms with E-state index in [9.17, 15) is 0 Å². The lowest BCUT2D eigenvalue weighted by Crippen LogP contribution is -2.41. The number of hydrogen-bond acceptors (Lipinski definition) is 3. The molecular weight excluding hydrogens is 312 g/mol. The molecule has 0 bridgehead atoms. The SMILES string of the molecule is S=C(NCCN1CCOCC1)c1ccc(Br)cc1. The quantitative estimate of drug-likeness (QED) is 0.855. The highest BCUT2D eigenvalue weighted by Gasteiger charge is 2.09. The minimum atomic E-state index is 0.816. The first-order valence-corrected chi connectivity index (χ1v) is 7.30. The molecule has 1 heterocycles. The molecular formula is C13H17BrN2OS. The monoisotopic (exact) mass is 328 g/mol. The van der Waals surface area contributed by atoms with Crippen molar-refractivity contribution in [3.8, 4) is 0 Å². The minimum absolute atomic E-state index is 0.816. The van der Waals surface area contributed by atoms with Gasteiger partial charge in [0.25, 0.3) is 0 Å². The zero-order valence-electron chi connectivity index (χ0n) is 10.2. The standard InChI is InChI=1S/C13H17BrN2OS/c14-12-3-1-11(2-4-12)13(18)15-5-6-16-7-9-17-10-8-16/h1-4H,5-10H2,(H,15,18). The summed E-state index contributed by atoms with van der Waals surface area (Å²) in [6.07, 6.45) is 0. The zero-order chi connectivity index (χ0) is 12.8. The molecule has 1 aliphatic heterocycles. The summed E-state index contributed by atoms with van der Waals surface area (Å²) in [5, 5.41) is 3.30. The lowest BCUT2D eigenvalue weighted by molar-refractivity contribution is 0.0389. The predicted molar refractivity (Wildman–Crippen MR) is 81.1 cm³/mol. The molecule has 2 rings (SSSR count). The second-order valence-electron chi connectivity index (χ2n) is 4.22. The van der Waals surface area contributed by atoms with Gasteiger partial charge >= 0.3 is 0 Å². The van der Waals surface area contributed by atoms with Gasteiger partial charge in [0.05, 0.1) is 13.2 Å². The Morgan fingerprint density at radius 3 is 2.61 bits per heavy atom. The van der Waals surface area contributed by atoms with Gasteiger partial charge in [-0.15, -0.1) is 0 Å². The van der Waals surface area contributed by atoms with Crippen LogP contribution in [0.2, 0.25) is 0 Å². The molecule has 0 atom stereocenters. The van der Waals surface area contributed by atoms with E-state index in [0.29, 0.717) is 0 Å².